The molecule has 3 aromatic carbocycles. The van der Waals surface area contributed by atoms with Crippen LogP contribution in [0.25, 0.3) is 22.4 Å². The van der Waals surface area contributed by atoms with Gasteiger partial charge in [-0.3, -0.25) is 5.41 Å². The predicted molar refractivity (Wildman–Crippen MR) is 128 cm³/mol. The second kappa shape index (κ2) is 9.82. The minimum absolute atomic E-state index is 0.0988. The first-order valence-electron chi connectivity index (χ1n) is 9.94. The lowest BCUT2D eigenvalue weighted by molar-refractivity contribution is 1.08. The van der Waals surface area contributed by atoms with Gasteiger partial charge in [-0.15, -0.1) is 5.11 Å². The summed E-state index contributed by atoms with van der Waals surface area (Å²) in [5.41, 5.74) is 12.1. The summed E-state index contributed by atoms with van der Waals surface area (Å²) in [7, 11) is 0. The van der Waals surface area contributed by atoms with Gasteiger partial charge in [0.2, 0.25) is 0 Å². The second-order valence-electron chi connectivity index (χ2n) is 6.98. The van der Waals surface area contributed by atoms with Gasteiger partial charge in [0.05, 0.1) is 16.5 Å². The predicted octanol–water partition coefficient (Wildman–Crippen LogP) is 7.13. The molecule has 1 unspecified atom stereocenters. The number of pyridine rings is 1. The van der Waals surface area contributed by atoms with E-state index >= 15 is 0 Å². The molecule has 154 valence electrons. The van der Waals surface area contributed by atoms with Gasteiger partial charge in [-0.2, -0.15) is 5.26 Å². The van der Waals surface area contributed by atoms with Gasteiger partial charge in [0.1, 0.15) is 11.1 Å². The molecule has 0 aliphatic heterocycles. The quantitative estimate of drug-likeness (QED) is 0.146. The molecule has 1 aromatic heterocycles. The first-order valence-corrected chi connectivity index (χ1v) is 10.8. The van der Waals surface area contributed by atoms with Crippen molar-refractivity contribution in [1.29, 1.82) is 16.2 Å². The molecule has 6 heteroatoms. The number of aromatic nitrogens is 1. The lowest BCUT2D eigenvalue weighted by Crippen LogP contribution is -2.07. The number of hydrogen-bond donors (Lipinski definition) is 2. The number of nitriles is 1. The average molecular weight is 434 g/mol. The van der Waals surface area contributed by atoms with E-state index in [9.17, 15) is 5.26 Å². The largest absolute Gasteiger partial charge is 0.284 e. The van der Waals surface area contributed by atoms with Crippen molar-refractivity contribution in [1.82, 2.24) is 4.98 Å². The van der Waals surface area contributed by atoms with Gasteiger partial charge < -0.3 is 0 Å². The molecule has 0 aliphatic rings. The summed E-state index contributed by atoms with van der Waals surface area (Å²) in [6, 6.07) is 33.3. The van der Waals surface area contributed by atoms with Crippen LogP contribution < -0.4 is 0 Å². The zero-order chi connectivity index (χ0) is 22.3. The average Bonchev–Trinajstić information content (AvgIpc) is 2.87. The van der Waals surface area contributed by atoms with Crippen LogP contribution in [0.3, 0.4) is 0 Å². The first-order chi connectivity index (χ1) is 15.7. The lowest BCUT2D eigenvalue weighted by Gasteiger charge is -2.17. The maximum Gasteiger partial charge on any atom is 0.160 e. The van der Waals surface area contributed by atoms with Crippen molar-refractivity contribution in [2.45, 2.75) is 10.3 Å². The van der Waals surface area contributed by atoms with Crippen LogP contribution in [0.15, 0.2) is 107 Å². The van der Waals surface area contributed by atoms with Crippen LogP contribution in [0.2, 0.25) is 0 Å². The van der Waals surface area contributed by atoms with Gasteiger partial charge in [0.15, 0.2) is 5.84 Å². The highest BCUT2D eigenvalue weighted by molar-refractivity contribution is 8.00. The molecule has 0 aliphatic carbocycles. The van der Waals surface area contributed by atoms with Crippen molar-refractivity contribution in [2.75, 3.05) is 0 Å². The highest BCUT2D eigenvalue weighted by Gasteiger charge is 2.24. The third-order valence-electron chi connectivity index (χ3n) is 4.95. The molecule has 2 N–H and O–H groups in total. The standard InChI is InChI=1S/C26H19N5S/c27-17-22-21(18-10-4-1-5-11-18)16-23(19-12-6-2-7-13-19)30-26(22)32-24(25(28)31-29)20-14-8-3-9-15-20/h1-16,24,28-29H. The fourth-order valence-corrected chi connectivity index (χ4v) is 4.50. The molecule has 0 fully saturated rings. The van der Waals surface area contributed by atoms with E-state index in [0.29, 0.717) is 10.6 Å². The van der Waals surface area contributed by atoms with Gasteiger partial charge in [0.25, 0.3) is 0 Å². The van der Waals surface area contributed by atoms with Crippen molar-refractivity contribution in [2.24, 2.45) is 5.11 Å². The molecule has 32 heavy (non-hydrogen) atoms. The molecule has 0 saturated carbocycles. The summed E-state index contributed by atoms with van der Waals surface area (Å²) in [6.07, 6.45) is 0. The molecule has 0 amide bonds. The maximum atomic E-state index is 10.1. The van der Waals surface area contributed by atoms with Crippen molar-refractivity contribution >= 4 is 17.6 Å². The Balaban J connectivity index is 1.91. The number of hydrogen-bond acceptors (Lipinski definition) is 5. The zero-order valence-electron chi connectivity index (χ0n) is 17.1. The molecule has 4 aromatic rings. The van der Waals surface area contributed by atoms with E-state index < -0.39 is 5.25 Å². The van der Waals surface area contributed by atoms with E-state index in [1.807, 2.05) is 97.1 Å². The summed E-state index contributed by atoms with van der Waals surface area (Å²) in [6.45, 7) is 0. The summed E-state index contributed by atoms with van der Waals surface area (Å²) < 4.78 is 0. The SMILES string of the molecule is N#Cc1c(-c2ccccc2)cc(-c2ccccc2)nc1SC(C(=N)N=N)c1ccccc1. The minimum Gasteiger partial charge on any atom is -0.284 e. The minimum atomic E-state index is -0.553. The Morgan fingerprint density at radius 2 is 1.44 bits per heavy atom. The molecule has 5 nitrogen and oxygen atoms in total. The molecule has 1 heterocycles. The first kappa shape index (κ1) is 21.2. The Labute approximate surface area is 190 Å². The molecular weight excluding hydrogens is 414 g/mol. The number of rotatable bonds is 6. The van der Waals surface area contributed by atoms with Gasteiger partial charge in [-0.25, -0.2) is 10.5 Å². The topological polar surface area (TPSA) is 96.7 Å². The monoisotopic (exact) mass is 433 g/mol. The second-order valence-corrected chi connectivity index (χ2v) is 8.08. The molecule has 0 bridgehead atoms. The number of nitrogens with zero attached hydrogens (tertiary/aromatic N) is 3. The third-order valence-corrected chi connectivity index (χ3v) is 6.20. The van der Waals surface area contributed by atoms with Crippen molar-refractivity contribution in [3.8, 4) is 28.5 Å². The van der Waals surface area contributed by atoms with Crippen LogP contribution in [0.5, 0.6) is 0 Å². The number of amidine groups is 1. The number of thioether (sulfide) groups is 1. The fraction of sp³-hybridized carbons (Fsp3) is 0.0385. The van der Waals surface area contributed by atoms with Crippen LogP contribution in [-0.4, -0.2) is 10.8 Å². The normalized spacial score (nSPS) is 11.3. The van der Waals surface area contributed by atoms with E-state index in [0.717, 1.165) is 27.9 Å². The zero-order valence-corrected chi connectivity index (χ0v) is 17.9. The smallest absolute Gasteiger partial charge is 0.160 e. The summed E-state index contributed by atoms with van der Waals surface area (Å²) >= 11 is 1.27. The molecule has 1 atom stereocenters. The van der Waals surface area contributed by atoms with Crippen LogP contribution in [0.4, 0.5) is 0 Å². The van der Waals surface area contributed by atoms with Gasteiger partial charge in [0, 0.05) is 11.1 Å². The van der Waals surface area contributed by atoms with Crippen LogP contribution in [0.1, 0.15) is 16.4 Å². The molecular formula is C26H19N5S. The van der Waals surface area contributed by atoms with Crippen molar-refractivity contribution < 1.29 is 0 Å². The number of nitrogens with one attached hydrogen (secondary N) is 2. The van der Waals surface area contributed by atoms with Crippen molar-refractivity contribution in [3.05, 3.63) is 108 Å². The third kappa shape index (κ3) is 4.48. The summed E-state index contributed by atoms with van der Waals surface area (Å²) in [4.78, 5) is 4.82. The summed E-state index contributed by atoms with van der Waals surface area (Å²) in [5.74, 6) is -0.0988. The number of benzene rings is 3. The maximum absolute atomic E-state index is 10.1. The Morgan fingerprint density at radius 1 is 0.875 bits per heavy atom. The highest BCUT2D eigenvalue weighted by Crippen LogP contribution is 2.41. The van der Waals surface area contributed by atoms with Crippen LogP contribution in [0, 0.1) is 22.3 Å². The van der Waals surface area contributed by atoms with Crippen LogP contribution >= 0.6 is 11.8 Å². The fourth-order valence-electron chi connectivity index (χ4n) is 3.40. The van der Waals surface area contributed by atoms with E-state index in [2.05, 4.69) is 11.2 Å². The molecule has 0 spiro atoms. The van der Waals surface area contributed by atoms with Crippen LogP contribution in [-0.2, 0) is 0 Å². The molecule has 0 saturated heterocycles. The Bertz CT molecular complexity index is 1280. The summed E-state index contributed by atoms with van der Waals surface area (Å²) in [5, 5.41) is 21.7. The Morgan fingerprint density at radius 3 is 2.00 bits per heavy atom. The van der Waals surface area contributed by atoms with E-state index in [4.69, 9.17) is 15.9 Å². The van der Waals surface area contributed by atoms with E-state index in [1.54, 1.807) is 0 Å². The molecule has 0 radical (unpaired) electrons. The van der Waals surface area contributed by atoms with E-state index in [-0.39, 0.29) is 5.84 Å². The van der Waals surface area contributed by atoms with Crippen molar-refractivity contribution in [3.63, 3.8) is 0 Å². The van der Waals surface area contributed by atoms with Gasteiger partial charge >= 0.3 is 0 Å². The Kier molecular flexibility index (Phi) is 6.49. The molecule has 4 rings (SSSR count). The van der Waals surface area contributed by atoms with Gasteiger partial charge in [-0.1, -0.05) is 103 Å². The van der Waals surface area contributed by atoms with E-state index in [1.165, 1.54) is 11.8 Å². The Hall–Kier alpha value is -4.08. The lowest BCUT2D eigenvalue weighted by atomic mass is 9.99. The van der Waals surface area contributed by atoms with Gasteiger partial charge in [-0.05, 0) is 17.2 Å². The highest BCUT2D eigenvalue weighted by atomic mass is 32.2.